The van der Waals surface area contributed by atoms with E-state index in [1.54, 1.807) is 24.5 Å². The number of hydrogen-bond donors (Lipinski definition) is 2. The molecule has 0 unspecified atom stereocenters. The predicted molar refractivity (Wildman–Crippen MR) is 107 cm³/mol. The van der Waals surface area contributed by atoms with Crippen molar-refractivity contribution in [3.8, 4) is 17.2 Å². The molecule has 0 radical (unpaired) electrons. The molecular formula is C21H16BrN3O3. The number of aromatic nitrogens is 1. The predicted octanol–water partition coefficient (Wildman–Crippen LogP) is 4.50. The van der Waals surface area contributed by atoms with Gasteiger partial charge in [-0.3, -0.25) is 4.98 Å². The highest BCUT2D eigenvalue weighted by Gasteiger charge is 2.41. The molecule has 0 bridgehead atoms. The van der Waals surface area contributed by atoms with E-state index < -0.39 is 6.23 Å². The van der Waals surface area contributed by atoms with Gasteiger partial charge in [0, 0.05) is 46.0 Å². The van der Waals surface area contributed by atoms with Crippen molar-refractivity contribution in [1.82, 2.24) is 9.99 Å². The Kier molecular flexibility index (Phi) is 3.98. The highest BCUT2D eigenvalue weighted by molar-refractivity contribution is 9.10. The zero-order valence-corrected chi connectivity index (χ0v) is 16.2. The van der Waals surface area contributed by atoms with Crippen LogP contribution in [0.5, 0.6) is 17.2 Å². The van der Waals surface area contributed by atoms with Gasteiger partial charge in [-0.05, 0) is 42.5 Å². The minimum Gasteiger partial charge on any atom is -0.508 e. The van der Waals surface area contributed by atoms with E-state index in [0.717, 1.165) is 27.1 Å². The summed E-state index contributed by atoms with van der Waals surface area (Å²) in [5.74, 6) is 0.844. The maximum Gasteiger partial charge on any atom is 0.213 e. The molecule has 2 aliphatic rings. The Morgan fingerprint density at radius 2 is 1.86 bits per heavy atom. The number of ether oxygens (including phenoxy) is 1. The second-order valence-corrected chi connectivity index (χ2v) is 7.70. The van der Waals surface area contributed by atoms with E-state index in [1.165, 1.54) is 6.07 Å². The number of aromatic hydroxyl groups is 2. The third kappa shape index (κ3) is 2.79. The lowest BCUT2D eigenvalue weighted by molar-refractivity contribution is -0.0191. The first-order valence-corrected chi connectivity index (χ1v) is 9.63. The van der Waals surface area contributed by atoms with Crippen LogP contribution < -0.4 is 4.74 Å². The molecule has 6 nitrogen and oxygen atoms in total. The Morgan fingerprint density at radius 1 is 1.04 bits per heavy atom. The first kappa shape index (κ1) is 17.1. The molecule has 3 aromatic rings. The number of halogens is 1. The summed E-state index contributed by atoms with van der Waals surface area (Å²) < 4.78 is 7.26. The van der Waals surface area contributed by atoms with Gasteiger partial charge in [0.05, 0.1) is 11.8 Å². The summed E-state index contributed by atoms with van der Waals surface area (Å²) in [4.78, 5) is 4.09. The molecule has 2 aliphatic heterocycles. The van der Waals surface area contributed by atoms with Gasteiger partial charge in [-0.15, -0.1) is 0 Å². The van der Waals surface area contributed by atoms with Gasteiger partial charge in [0.25, 0.3) is 0 Å². The van der Waals surface area contributed by atoms with Gasteiger partial charge in [-0.2, -0.15) is 5.10 Å². The fraction of sp³-hybridized carbons (Fsp3) is 0.143. The number of phenolic OH excluding ortho intramolecular Hbond substituents is 2. The maximum atomic E-state index is 10.3. The van der Waals surface area contributed by atoms with Crippen molar-refractivity contribution in [1.29, 1.82) is 0 Å². The van der Waals surface area contributed by atoms with E-state index in [9.17, 15) is 10.2 Å². The maximum absolute atomic E-state index is 10.3. The molecule has 0 aliphatic carbocycles. The highest BCUT2D eigenvalue weighted by atomic mass is 79.9. The standard InChI is InChI=1S/C21H16BrN3O3/c22-13-1-4-20-16(9-13)18-11-17(15-3-2-14(26)10-19(15)27)24-25(18)21(28-20)12-5-7-23-8-6-12/h1-10,18,21,26-27H,11H2/t18-,21-/m0/s1. The second kappa shape index (κ2) is 6.53. The molecule has 3 heterocycles. The van der Waals surface area contributed by atoms with Gasteiger partial charge in [0.15, 0.2) is 0 Å². The molecule has 0 fully saturated rings. The number of phenols is 2. The third-order valence-corrected chi connectivity index (χ3v) is 5.53. The Hall–Kier alpha value is -3.06. The van der Waals surface area contributed by atoms with E-state index in [-0.39, 0.29) is 17.5 Å². The first-order chi connectivity index (χ1) is 13.6. The van der Waals surface area contributed by atoms with Gasteiger partial charge < -0.3 is 14.9 Å². The smallest absolute Gasteiger partial charge is 0.213 e. The molecule has 0 saturated heterocycles. The van der Waals surface area contributed by atoms with Crippen LogP contribution in [0.2, 0.25) is 0 Å². The third-order valence-electron chi connectivity index (χ3n) is 5.04. The number of nitrogens with zero attached hydrogens (tertiary/aromatic N) is 3. The molecule has 5 rings (SSSR count). The van der Waals surface area contributed by atoms with Crippen molar-refractivity contribution < 1.29 is 14.9 Å². The van der Waals surface area contributed by atoms with Crippen LogP contribution in [0.4, 0.5) is 0 Å². The minimum atomic E-state index is -0.390. The Labute approximate surface area is 169 Å². The van der Waals surface area contributed by atoms with Crippen LogP contribution in [-0.2, 0) is 0 Å². The van der Waals surface area contributed by atoms with Crippen LogP contribution in [0.15, 0.2) is 70.5 Å². The Morgan fingerprint density at radius 3 is 2.64 bits per heavy atom. The van der Waals surface area contributed by atoms with Crippen LogP contribution >= 0.6 is 15.9 Å². The molecule has 0 amide bonds. The summed E-state index contributed by atoms with van der Waals surface area (Å²) in [5, 5.41) is 26.6. The molecule has 2 N–H and O–H groups in total. The zero-order chi connectivity index (χ0) is 19.3. The SMILES string of the molecule is Oc1ccc(C2=NN3[C@@H](C2)c2cc(Br)ccc2O[C@H]3c2ccncc2)c(O)c1. The largest absolute Gasteiger partial charge is 0.508 e. The molecule has 2 aromatic carbocycles. The summed E-state index contributed by atoms with van der Waals surface area (Å²) in [6.45, 7) is 0. The molecule has 7 heteroatoms. The second-order valence-electron chi connectivity index (χ2n) is 6.78. The van der Waals surface area contributed by atoms with Crippen molar-refractivity contribution in [2.24, 2.45) is 5.10 Å². The van der Waals surface area contributed by atoms with Gasteiger partial charge in [-0.25, -0.2) is 5.01 Å². The van der Waals surface area contributed by atoms with Crippen LogP contribution in [0.3, 0.4) is 0 Å². The van der Waals surface area contributed by atoms with Crippen molar-refractivity contribution in [2.75, 3.05) is 0 Å². The quantitative estimate of drug-likeness (QED) is 0.616. The van der Waals surface area contributed by atoms with Crippen LogP contribution in [0.25, 0.3) is 0 Å². The fourth-order valence-corrected chi connectivity index (χ4v) is 4.11. The highest BCUT2D eigenvalue weighted by Crippen LogP contribution is 2.48. The van der Waals surface area contributed by atoms with Gasteiger partial charge in [-0.1, -0.05) is 15.9 Å². The number of hydrogen-bond acceptors (Lipinski definition) is 6. The van der Waals surface area contributed by atoms with E-state index >= 15 is 0 Å². The van der Waals surface area contributed by atoms with Crippen molar-refractivity contribution >= 4 is 21.6 Å². The first-order valence-electron chi connectivity index (χ1n) is 8.84. The Balaban J connectivity index is 1.62. The monoisotopic (exact) mass is 437 g/mol. The zero-order valence-electron chi connectivity index (χ0n) is 14.7. The van der Waals surface area contributed by atoms with Crippen LogP contribution in [-0.4, -0.2) is 25.9 Å². The molecule has 0 saturated carbocycles. The lowest BCUT2D eigenvalue weighted by Crippen LogP contribution is -2.33. The van der Waals surface area contributed by atoms with Crippen molar-refractivity contribution in [2.45, 2.75) is 18.7 Å². The normalized spacial score (nSPS) is 20.2. The summed E-state index contributed by atoms with van der Waals surface area (Å²) >= 11 is 3.54. The lowest BCUT2D eigenvalue weighted by Gasteiger charge is -2.38. The lowest BCUT2D eigenvalue weighted by atomic mass is 9.95. The summed E-state index contributed by atoms with van der Waals surface area (Å²) in [6.07, 6.45) is 3.69. The van der Waals surface area contributed by atoms with E-state index in [1.807, 2.05) is 35.3 Å². The Bertz CT molecular complexity index is 1090. The molecule has 0 spiro atoms. The summed E-state index contributed by atoms with van der Waals surface area (Å²) in [7, 11) is 0. The number of fused-ring (bicyclic) bond motifs is 3. The van der Waals surface area contributed by atoms with E-state index in [4.69, 9.17) is 9.84 Å². The van der Waals surface area contributed by atoms with Crippen molar-refractivity contribution in [3.05, 3.63) is 82.1 Å². The molecular weight excluding hydrogens is 422 g/mol. The number of hydrazone groups is 1. The van der Waals surface area contributed by atoms with Crippen molar-refractivity contribution in [3.63, 3.8) is 0 Å². The fourth-order valence-electron chi connectivity index (χ4n) is 3.73. The molecule has 28 heavy (non-hydrogen) atoms. The number of pyridine rings is 1. The summed E-state index contributed by atoms with van der Waals surface area (Å²) in [6, 6.07) is 14.3. The average Bonchev–Trinajstić information content (AvgIpc) is 3.13. The van der Waals surface area contributed by atoms with Gasteiger partial charge in [0.1, 0.15) is 17.2 Å². The molecule has 1 aromatic heterocycles. The average molecular weight is 438 g/mol. The number of rotatable bonds is 2. The topological polar surface area (TPSA) is 78.2 Å². The van der Waals surface area contributed by atoms with Crippen LogP contribution in [0.1, 0.15) is 35.4 Å². The van der Waals surface area contributed by atoms with Gasteiger partial charge >= 0.3 is 0 Å². The molecule has 140 valence electrons. The van der Waals surface area contributed by atoms with E-state index in [0.29, 0.717) is 12.0 Å². The van der Waals surface area contributed by atoms with Gasteiger partial charge in [0.2, 0.25) is 6.23 Å². The molecule has 2 atom stereocenters. The van der Waals surface area contributed by atoms with E-state index in [2.05, 4.69) is 20.9 Å². The minimum absolute atomic E-state index is 0.00874. The summed E-state index contributed by atoms with van der Waals surface area (Å²) in [5.41, 5.74) is 3.35. The van der Waals surface area contributed by atoms with Crippen LogP contribution in [0, 0.1) is 0 Å². The number of benzene rings is 2.